The smallest absolute Gasteiger partial charge is 0.415 e. The van der Waals surface area contributed by atoms with Gasteiger partial charge < -0.3 is 49.4 Å². The highest BCUT2D eigenvalue weighted by Gasteiger charge is 2.31. The standard InChI is InChI=1S/C26H36N6O7.C21H29N5O5.CH4/c1-6-30(7-2)24-27-17-21(32(35)36)22(29-24)28-20(23(33)39-26(3,4)5)16-18-8-10-19(11-9-18)38-25(34)31-12-14-37-15-13-31;1-6-25(7-2)20-22-13-17(26(29)30)18(24-20)23-16(19(28)31-21(3,4)5)12-14-8-10-15(27)11-9-14;/h8-11,17,20H,6-7,12-16H2,1-5H3,(H,27,28,29);8-11,13,16,27H,6-7,12H2,1-5H3,(H,22,23,24);1H4/t20-;16-;/m00./s1. The van der Waals surface area contributed by atoms with Crippen LogP contribution in [0.1, 0.15) is 87.8 Å². The van der Waals surface area contributed by atoms with Crippen molar-refractivity contribution in [3.8, 4) is 11.5 Å². The number of carbonyl (C=O) groups is 3. The number of carbonyl (C=O) groups excluding carboxylic acids is 3. The summed E-state index contributed by atoms with van der Waals surface area (Å²) in [4.78, 5) is 82.7. The zero-order valence-corrected chi connectivity index (χ0v) is 41.5. The van der Waals surface area contributed by atoms with Crippen LogP contribution in [0.2, 0.25) is 0 Å². The van der Waals surface area contributed by atoms with E-state index < -0.39 is 51.2 Å². The van der Waals surface area contributed by atoms with Crippen molar-refractivity contribution in [1.29, 1.82) is 0 Å². The number of phenolic OH excluding ortho intramolecular Hbond substituents is 1. The Morgan fingerprint density at radius 3 is 1.44 bits per heavy atom. The van der Waals surface area contributed by atoms with Crippen LogP contribution >= 0.6 is 0 Å². The van der Waals surface area contributed by atoms with Crippen LogP contribution in [0.4, 0.5) is 39.7 Å². The number of anilines is 4. The Hall–Kier alpha value is -7.43. The van der Waals surface area contributed by atoms with Gasteiger partial charge in [0.1, 0.15) is 47.2 Å². The first-order chi connectivity index (χ1) is 33.0. The number of nitro groups is 2. The van der Waals surface area contributed by atoms with Gasteiger partial charge in [0, 0.05) is 52.1 Å². The fraction of sp³-hybridized carbons (Fsp3) is 0.521. The molecule has 4 aromatic rings. The second-order valence-electron chi connectivity index (χ2n) is 17.8. The van der Waals surface area contributed by atoms with Gasteiger partial charge in [-0.3, -0.25) is 20.2 Å². The van der Waals surface area contributed by atoms with Crippen molar-refractivity contribution in [2.24, 2.45) is 0 Å². The van der Waals surface area contributed by atoms with Gasteiger partial charge in [-0.1, -0.05) is 31.7 Å². The fourth-order valence-corrected chi connectivity index (χ4v) is 6.70. The maximum Gasteiger partial charge on any atom is 0.415 e. The number of amides is 1. The lowest BCUT2D eigenvalue weighted by atomic mass is 10.1. The molecule has 1 amide bonds. The second-order valence-corrected chi connectivity index (χ2v) is 17.8. The Balaban J connectivity index is 0.000000380. The normalized spacial score (nSPS) is 13.2. The molecule has 2 aromatic heterocycles. The lowest BCUT2D eigenvalue weighted by Crippen LogP contribution is -2.42. The zero-order valence-electron chi connectivity index (χ0n) is 41.5. The number of ether oxygens (including phenoxy) is 4. The predicted octanol–water partition coefficient (Wildman–Crippen LogP) is 7.36. The van der Waals surface area contributed by atoms with Gasteiger partial charge in [-0.2, -0.15) is 9.97 Å². The van der Waals surface area contributed by atoms with E-state index in [2.05, 4.69) is 30.6 Å². The summed E-state index contributed by atoms with van der Waals surface area (Å²) in [6, 6.07) is 11.1. The Labute approximate surface area is 414 Å². The van der Waals surface area contributed by atoms with Crippen LogP contribution in [-0.4, -0.2) is 134 Å². The summed E-state index contributed by atoms with van der Waals surface area (Å²) in [6.07, 6.45) is 2.12. The summed E-state index contributed by atoms with van der Waals surface area (Å²) in [6.45, 7) is 22.5. The van der Waals surface area contributed by atoms with Crippen molar-refractivity contribution in [2.45, 2.75) is 113 Å². The number of hydrogen-bond donors (Lipinski definition) is 3. The third kappa shape index (κ3) is 18.1. The number of rotatable bonds is 19. The number of nitrogens with one attached hydrogen (secondary N) is 2. The van der Waals surface area contributed by atoms with Crippen LogP contribution in [0.15, 0.2) is 60.9 Å². The van der Waals surface area contributed by atoms with E-state index in [0.717, 1.165) is 18.0 Å². The Bertz CT molecular complexity index is 2380. The molecule has 3 N–H and O–H groups in total. The molecule has 3 heterocycles. The number of aromatic hydroxyl groups is 1. The molecule has 0 saturated carbocycles. The number of phenols is 1. The van der Waals surface area contributed by atoms with Crippen LogP contribution in [0.25, 0.3) is 0 Å². The maximum absolute atomic E-state index is 13.2. The minimum Gasteiger partial charge on any atom is -0.508 e. The third-order valence-corrected chi connectivity index (χ3v) is 10.2. The molecule has 1 aliphatic rings. The molecule has 71 heavy (non-hydrogen) atoms. The molecule has 0 unspecified atom stereocenters. The molecule has 2 atom stereocenters. The molecule has 0 spiro atoms. The van der Waals surface area contributed by atoms with E-state index in [1.807, 2.05) is 37.5 Å². The number of morpholine rings is 1. The van der Waals surface area contributed by atoms with Crippen molar-refractivity contribution in [3.05, 3.63) is 92.3 Å². The highest BCUT2D eigenvalue weighted by Crippen LogP contribution is 2.28. The van der Waals surface area contributed by atoms with Gasteiger partial charge in [0.2, 0.25) is 23.5 Å². The maximum atomic E-state index is 13.2. The summed E-state index contributed by atoms with van der Waals surface area (Å²) < 4.78 is 21.8. The zero-order chi connectivity index (χ0) is 51.8. The molecule has 2 aromatic carbocycles. The minimum absolute atomic E-state index is 0. The van der Waals surface area contributed by atoms with Crippen molar-refractivity contribution >= 4 is 52.9 Å². The number of benzene rings is 2. The van der Waals surface area contributed by atoms with E-state index in [4.69, 9.17) is 18.9 Å². The predicted molar refractivity (Wildman–Crippen MR) is 268 cm³/mol. The van der Waals surface area contributed by atoms with Crippen LogP contribution < -0.4 is 25.2 Å². The van der Waals surface area contributed by atoms with Gasteiger partial charge in [-0.25, -0.2) is 24.4 Å². The van der Waals surface area contributed by atoms with Gasteiger partial charge in [0.05, 0.1) is 23.1 Å². The molecule has 1 aliphatic heterocycles. The molecule has 388 valence electrons. The topological polar surface area (TPSA) is 280 Å². The lowest BCUT2D eigenvalue weighted by Gasteiger charge is -2.26. The van der Waals surface area contributed by atoms with E-state index >= 15 is 0 Å². The van der Waals surface area contributed by atoms with Crippen molar-refractivity contribution in [2.75, 3.05) is 72.9 Å². The first-order valence-electron chi connectivity index (χ1n) is 23.0. The van der Waals surface area contributed by atoms with Crippen molar-refractivity contribution in [3.63, 3.8) is 0 Å². The van der Waals surface area contributed by atoms with E-state index in [0.29, 0.717) is 75.7 Å². The Morgan fingerprint density at radius 1 is 0.704 bits per heavy atom. The fourth-order valence-electron chi connectivity index (χ4n) is 6.70. The number of nitrogens with zero attached hydrogens (tertiary/aromatic N) is 9. The number of esters is 2. The van der Waals surface area contributed by atoms with Crippen LogP contribution in [0, 0.1) is 20.2 Å². The van der Waals surface area contributed by atoms with Gasteiger partial charge >= 0.3 is 29.4 Å². The lowest BCUT2D eigenvalue weighted by molar-refractivity contribution is -0.384. The molecule has 1 fully saturated rings. The summed E-state index contributed by atoms with van der Waals surface area (Å²) >= 11 is 0. The number of hydrogen-bond acceptors (Lipinski definition) is 20. The van der Waals surface area contributed by atoms with E-state index in [9.17, 15) is 39.7 Å². The quantitative estimate of drug-likeness (QED) is 0.0470. The second kappa shape index (κ2) is 26.5. The average Bonchev–Trinajstić information content (AvgIpc) is 3.30. The van der Waals surface area contributed by atoms with Crippen molar-refractivity contribution in [1.82, 2.24) is 24.8 Å². The molecule has 0 aliphatic carbocycles. The molecular weight excluding hydrogens is 923 g/mol. The summed E-state index contributed by atoms with van der Waals surface area (Å²) in [5, 5.41) is 38.6. The van der Waals surface area contributed by atoms with Gasteiger partial charge in [0.25, 0.3) is 0 Å². The highest BCUT2D eigenvalue weighted by molar-refractivity contribution is 5.82. The SMILES string of the molecule is C.CCN(CC)c1ncc([N+](=O)[O-])c(N[C@@H](Cc2ccc(O)cc2)C(=O)OC(C)(C)C)n1.CCN(CC)c1ncc([N+](=O)[O-])c(N[C@@H](Cc2ccc(OC(=O)N3CCOCC3)cc2)C(=O)OC(C)(C)C)n1. The van der Waals surface area contributed by atoms with E-state index in [-0.39, 0.29) is 49.0 Å². The molecule has 0 bridgehead atoms. The third-order valence-electron chi connectivity index (χ3n) is 10.2. The first-order valence-corrected chi connectivity index (χ1v) is 23.0. The first kappa shape index (κ1) is 57.9. The molecule has 0 radical (unpaired) electrons. The summed E-state index contributed by atoms with van der Waals surface area (Å²) in [5.41, 5.74) is -0.763. The van der Waals surface area contributed by atoms with Crippen LogP contribution in [-0.2, 0) is 36.6 Å². The summed E-state index contributed by atoms with van der Waals surface area (Å²) in [7, 11) is 0. The van der Waals surface area contributed by atoms with Crippen LogP contribution in [0.5, 0.6) is 11.5 Å². The van der Waals surface area contributed by atoms with Gasteiger partial charge in [0.15, 0.2) is 0 Å². The minimum atomic E-state index is -0.996. The Morgan fingerprint density at radius 2 is 1.08 bits per heavy atom. The van der Waals surface area contributed by atoms with Gasteiger partial charge in [-0.15, -0.1) is 0 Å². The van der Waals surface area contributed by atoms with E-state index in [1.165, 1.54) is 12.1 Å². The van der Waals surface area contributed by atoms with Gasteiger partial charge in [-0.05, 0) is 105 Å². The molecule has 5 rings (SSSR count). The molecular formula is C48H69N11O12. The molecule has 1 saturated heterocycles. The highest BCUT2D eigenvalue weighted by atomic mass is 16.6. The average molecular weight is 992 g/mol. The molecule has 23 heteroatoms. The van der Waals surface area contributed by atoms with Crippen LogP contribution in [0.3, 0.4) is 0 Å². The molecule has 23 nitrogen and oxygen atoms in total. The summed E-state index contributed by atoms with van der Waals surface area (Å²) in [5.74, 6) is -0.220. The largest absolute Gasteiger partial charge is 0.508 e. The Kier molecular flexibility index (Phi) is 21.6. The monoisotopic (exact) mass is 992 g/mol. The van der Waals surface area contributed by atoms with E-state index in [1.54, 1.807) is 82.8 Å². The number of aromatic nitrogens is 4. The van der Waals surface area contributed by atoms with Crippen molar-refractivity contribution < 1.29 is 48.3 Å².